The summed E-state index contributed by atoms with van der Waals surface area (Å²) < 4.78 is 12.1. The number of hydrogen-bond acceptors (Lipinski definition) is 3. The molecule has 1 aliphatic heterocycles. The average molecular weight is 318 g/mol. The van der Waals surface area contributed by atoms with Crippen LogP contribution in [0.2, 0.25) is 0 Å². The van der Waals surface area contributed by atoms with Crippen molar-refractivity contribution in [3.8, 4) is 0 Å². The first kappa shape index (κ1) is 18.0. The second kappa shape index (κ2) is 6.29. The summed E-state index contributed by atoms with van der Waals surface area (Å²) in [6.45, 7) is 12.2. The molecule has 1 aliphatic rings. The Morgan fingerprint density at radius 2 is 1.48 bits per heavy atom. The number of carboxylic acid groups (broad SMARTS) is 1. The highest BCUT2D eigenvalue weighted by Crippen LogP contribution is 2.41. The first-order valence-electron chi connectivity index (χ1n) is 8.21. The Morgan fingerprint density at radius 1 is 1.04 bits per heavy atom. The van der Waals surface area contributed by atoms with Crippen molar-refractivity contribution in [2.45, 2.75) is 70.9 Å². The van der Waals surface area contributed by atoms with E-state index in [-0.39, 0.29) is 12.2 Å². The van der Waals surface area contributed by atoms with Crippen molar-refractivity contribution in [2.24, 2.45) is 0 Å². The predicted octanol–water partition coefficient (Wildman–Crippen LogP) is 4.00. The number of rotatable bonds is 5. The Hall–Kier alpha value is -1.33. The fourth-order valence-electron chi connectivity index (χ4n) is 2.74. The van der Waals surface area contributed by atoms with E-state index in [1.54, 1.807) is 0 Å². The van der Waals surface area contributed by atoms with Crippen molar-refractivity contribution in [3.63, 3.8) is 0 Å². The van der Waals surface area contributed by atoms with Gasteiger partial charge in [-0.25, -0.2) is 0 Å². The number of benzene rings is 1. The predicted molar refractivity (Wildman–Crippen MR) is 91.6 cm³/mol. The van der Waals surface area contributed by atoms with E-state index in [1.807, 2.05) is 39.8 Å². The van der Waals surface area contributed by atoms with Crippen molar-refractivity contribution < 1.29 is 19.2 Å². The number of hydrogen-bond donors (Lipinski definition) is 1. The van der Waals surface area contributed by atoms with Gasteiger partial charge in [0.1, 0.15) is 0 Å². The fraction of sp³-hybridized carbons (Fsp3) is 0.611. The summed E-state index contributed by atoms with van der Waals surface area (Å²) in [5.41, 5.74) is 1.24. The molecule has 4 nitrogen and oxygen atoms in total. The van der Waals surface area contributed by atoms with Crippen LogP contribution in [0.4, 0.5) is 0 Å². The quantitative estimate of drug-likeness (QED) is 0.834. The highest BCUT2D eigenvalue weighted by Gasteiger charge is 2.54. The Kier molecular flexibility index (Phi) is 4.93. The molecule has 5 heteroatoms. The molecule has 1 heterocycles. The number of carboxylic acids is 1. The van der Waals surface area contributed by atoms with E-state index < -0.39 is 24.3 Å². The van der Waals surface area contributed by atoms with Crippen LogP contribution in [0, 0.1) is 0 Å². The normalized spacial score (nSPS) is 20.7. The summed E-state index contributed by atoms with van der Waals surface area (Å²) in [7, 11) is -0.555. The van der Waals surface area contributed by atoms with Crippen molar-refractivity contribution in [1.29, 1.82) is 0 Å². The molecule has 1 saturated heterocycles. The first-order valence-corrected chi connectivity index (χ1v) is 8.21. The molecule has 23 heavy (non-hydrogen) atoms. The third kappa shape index (κ3) is 3.78. The van der Waals surface area contributed by atoms with Gasteiger partial charge in [0.25, 0.3) is 0 Å². The van der Waals surface area contributed by atoms with Gasteiger partial charge in [0.15, 0.2) is 0 Å². The van der Waals surface area contributed by atoms with E-state index in [0.717, 1.165) is 5.56 Å². The van der Waals surface area contributed by atoms with Gasteiger partial charge >= 0.3 is 13.1 Å². The maximum absolute atomic E-state index is 11.3. The molecule has 0 radical (unpaired) electrons. The van der Waals surface area contributed by atoms with Gasteiger partial charge in [-0.15, -0.1) is 0 Å². The van der Waals surface area contributed by atoms with Crippen molar-refractivity contribution in [3.05, 3.63) is 35.4 Å². The fourth-order valence-corrected chi connectivity index (χ4v) is 2.74. The Bertz CT molecular complexity index is 547. The van der Waals surface area contributed by atoms with Crippen LogP contribution in [-0.2, 0) is 14.1 Å². The molecule has 2 rings (SSSR count). The molecular formula is C18H27BO4. The van der Waals surface area contributed by atoms with Gasteiger partial charge in [-0.3, -0.25) is 4.79 Å². The van der Waals surface area contributed by atoms with Crippen LogP contribution >= 0.6 is 0 Å². The van der Waals surface area contributed by atoms with Crippen LogP contribution in [-0.4, -0.2) is 29.4 Å². The van der Waals surface area contributed by atoms with Crippen LogP contribution in [0.5, 0.6) is 0 Å². The lowest BCUT2D eigenvalue weighted by Crippen LogP contribution is -2.41. The van der Waals surface area contributed by atoms with Crippen LogP contribution < -0.4 is 0 Å². The standard InChI is InChI=1S/C18H27BO4/c1-12(2)13-7-9-14(10-8-13)15(11-16(20)21)19-22-17(3,4)18(5,6)23-19/h7-10,12,15H,11H2,1-6H3,(H,20,21). The number of aliphatic carboxylic acids is 1. The first-order chi connectivity index (χ1) is 10.5. The highest BCUT2D eigenvalue weighted by atomic mass is 16.7. The van der Waals surface area contributed by atoms with Crippen LogP contribution in [0.1, 0.15) is 70.8 Å². The van der Waals surface area contributed by atoms with Gasteiger partial charge < -0.3 is 14.4 Å². The topological polar surface area (TPSA) is 55.8 Å². The summed E-state index contributed by atoms with van der Waals surface area (Å²) in [4.78, 5) is 11.3. The minimum atomic E-state index is -0.849. The van der Waals surface area contributed by atoms with E-state index >= 15 is 0 Å². The molecule has 1 fully saturated rings. The molecule has 0 spiro atoms. The maximum atomic E-state index is 11.3. The summed E-state index contributed by atoms with van der Waals surface area (Å²) in [5, 5.41) is 9.30. The average Bonchev–Trinajstić information content (AvgIpc) is 2.64. The third-order valence-electron chi connectivity index (χ3n) is 5.03. The summed E-state index contributed by atoms with van der Waals surface area (Å²) >= 11 is 0. The summed E-state index contributed by atoms with van der Waals surface area (Å²) in [5.74, 6) is -0.730. The molecule has 0 aliphatic carbocycles. The van der Waals surface area contributed by atoms with Crippen molar-refractivity contribution in [2.75, 3.05) is 0 Å². The minimum Gasteiger partial charge on any atom is -0.481 e. The zero-order chi connectivity index (χ0) is 17.4. The maximum Gasteiger partial charge on any atom is 0.466 e. The van der Waals surface area contributed by atoms with E-state index in [4.69, 9.17) is 9.31 Å². The Morgan fingerprint density at radius 3 is 1.87 bits per heavy atom. The van der Waals surface area contributed by atoms with Crippen molar-refractivity contribution >= 4 is 13.1 Å². The zero-order valence-electron chi connectivity index (χ0n) is 14.9. The Balaban J connectivity index is 2.29. The molecule has 1 unspecified atom stereocenters. The minimum absolute atomic E-state index is 0.0160. The van der Waals surface area contributed by atoms with E-state index in [2.05, 4.69) is 26.0 Å². The molecule has 0 bridgehead atoms. The lowest BCUT2D eigenvalue weighted by Gasteiger charge is -2.32. The molecule has 1 N–H and O–H groups in total. The summed E-state index contributed by atoms with van der Waals surface area (Å²) in [6, 6.07) is 8.10. The van der Waals surface area contributed by atoms with Crippen LogP contribution in [0.3, 0.4) is 0 Å². The lowest BCUT2D eigenvalue weighted by molar-refractivity contribution is -0.137. The van der Waals surface area contributed by atoms with Gasteiger partial charge in [0, 0.05) is 5.82 Å². The second-order valence-electron chi connectivity index (χ2n) is 7.65. The molecule has 1 aromatic carbocycles. The van der Waals surface area contributed by atoms with E-state index in [0.29, 0.717) is 5.92 Å². The van der Waals surface area contributed by atoms with Gasteiger partial charge in [-0.2, -0.15) is 0 Å². The molecular weight excluding hydrogens is 291 g/mol. The van der Waals surface area contributed by atoms with Gasteiger partial charge in [-0.05, 0) is 44.7 Å². The smallest absolute Gasteiger partial charge is 0.466 e. The largest absolute Gasteiger partial charge is 0.481 e. The lowest BCUT2D eigenvalue weighted by atomic mass is 9.66. The molecule has 0 amide bonds. The molecule has 0 aromatic heterocycles. The van der Waals surface area contributed by atoms with Crippen LogP contribution in [0.15, 0.2) is 24.3 Å². The van der Waals surface area contributed by atoms with Gasteiger partial charge in [-0.1, -0.05) is 38.1 Å². The second-order valence-corrected chi connectivity index (χ2v) is 7.65. The van der Waals surface area contributed by atoms with E-state index in [9.17, 15) is 9.90 Å². The van der Waals surface area contributed by atoms with Crippen LogP contribution in [0.25, 0.3) is 0 Å². The molecule has 0 saturated carbocycles. The Labute approximate surface area is 139 Å². The SMILES string of the molecule is CC(C)c1ccc(C(CC(=O)O)B2OC(C)(C)C(C)(C)O2)cc1. The van der Waals surface area contributed by atoms with Crippen molar-refractivity contribution in [1.82, 2.24) is 0 Å². The third-order valence-corrected chi connectivity index (χ3v) is 5.03. The number of carbonyl (C=O) groups is 1. The summed E-state index contributed by atoms with van der Waals surface area (Å²) in [6.07, 6.45) is -0.0160. The zero-order valence-corrected chi connectivity index (χ0v) is 14.9. The molecule has 1 aromatic rings. The van der Waals surface area contributed by atoms with Gasteiger partial charge in [0.05, 0.1) is 17.6 Å². The highest BCUT2D eigenvalue weighted by molar-refractivity contribution is 6.48. The molecule has 1 atom stereocenters. The molecule has 126 valence electrons. The van der Waals surface area contributed by atoms with E-state index in [1.165, 1.54) is 5.56 Å². The monoisotopic (exact) mass is 318 g/mol. The van der Waals surface area contributed by atoms with Gasteiger partial charge in [0.2, 0.25) is 0 Å².